The minimum absolute atomic E-state index is 0.00444. The molecule has 3 amide bonds. The molecule has 0 aromatic rings. The van der Waals surface area contributed by atoms with Gasteiger partial charge in [-0.1, -0.05) is 0 Å². The quantitative estimate of drug-likeness (QED) is 0.709. The van der Waals surface area contributed by atoms with Crippen LogP contribution in [0.3, 0.4) is 0 Å². The van der Waals surface area contributed by atoms with Gasteiger partial charge in [0.2, 0.25) is 5.91 Å². The van der Waals surface area contributed by atoms with Gasteiger partial charge in [0.25, 0.3) is 0 Å². The second-order valence-electron chi connectivity index (χ2n) is 4.28. The van der Waals surface area contributed by atoms with Crippen LogP contribution in [0.5, 0.6) is 0 Å². The minimum Gasteiger partial charge on any atom is -0.347 e. The Balaban J connectivity index is 2.52. The van der Waals surface area contributed by atoms with E-state index >= 15 is 0 Å². The van der Waals surface area contributed by atoms with Gasteiger partial charge in [-0.3, -0.25) is 4.79 Å². The highest BCUT2D eigenvalue weighted by Gasteiger charge is 2.24. The van der Waals surface area contributed by atoms with Crippen molar-refractivity contribution >= 4 is 11.9 Å². The van der Waals surface area contributed by atoms with Gasteiger partial charge >= 0.3 is 6.03 Å². The Kier molecular flexibility index (Phi) is 4.58. The molecule has 5 nitrogen and oxygen atoms in total. The highest BCUT2D eigenvalue weighted by atomic mass is 16.2. The SMILES string of the molecule is CCN(CC(=O)N(C)C)C(=O)N1CCCC1. The first kappa shape index (κ1) is 12.8. The van der Waals surface area contributed by atoms with E-state index in [0.29, 0.717) is 6.54 Å². The van der Waals surface area contributed by atoms with Gasteiger partial charge in [-0.15, -0.1) is 0 Å². The predicted molar refractivity (Wildman–Crippen MR) is 62.1 cm³/mol. The molecule has 1 aliphatic rings. The zero-order valence-corrected chi connectivity index (χ0v) is 10.4. The van der Waals surface area contributed by atoms with Crippen molar-refractivity contribution in [1.82, 2.24) is 14.7 Å². The molecule has 0 saturated carbocycles. The summed E-state index contributed by atoms with van der Waals surface area (Å²) in [4.78, 5) is 28.5. The molecule has 1 heterocycles. The molecule has 5 heteroatoms. The van der Waals surface area contributed by atoms with Crippen molar-refractivity contribution in [2.45, 2.75) is 19.8 Å². The molecule has 0 N–H and O–H groups in total. The third-order valence-electron chi connectivity index (χ3n) is 2.85. The number of carbonyl (C=O) groups excluding carboxylic acids is 2. The highest BCUT2D eigenvalue weighted by Crippen LogP contribution is 2.10. The van der Waals surface area contributed by atoms with Crippen LogP contribution < -0.4 is 0 Å². The summed E-state index contributed by atoms with van der Waals surface area (Å²) in [7, 11) is 3.41. The molecular formula is C11H21N3O2. The summed E-state index contributed by atoms with van der Waals surface area (Å²) in [6.45, 7) is 4.31. The molecule has 1 aliphatic heterocycles. The summed E-state index contributed by atoms with van der Waals surface area (Å²) in [6, 6.07) is -0.00444. The Morgan fingerprint density at radius 1 is 1.19 bits per heavy atom. The molecule has 92 valence electrons. The average Bonchev–Trinajstić information content (AvgIpc) is 2.77. The van der Waals surface area contributed by atoms with E-state index in [0.717, 1.165) is 25.9 Å². The Bertz CT molecular complexity index is 260. The molecule has 1 saturated heterocycles. The standard InChI is InChI=1S/C11H21N3O2/c1-4-13(9-10(15)12(2)3)11(16)14-7-5-6-8-14/h4-9H2,1-3H3. The lowest BCUT2D eigenvalue weighted by Crippen LogP contribution is -2.46. The van der Waals surface area contributed by atoms with Crippen molar-refractivity contribution < 1.29 is 9.59 Å². The number of carbonyl (C=O) groups is 2. The number of likely N-dealkylation sites (N-methyl/N-ethyl adjacent to an activating group) is 2. The maximum atomic E-state index is 12.0. The van der Waals surface area contributed by atoms with Crippen LogP contribution in [-0.4, -0.2) is 66.9 Å². The third-order valence-corrected chi connectivity index (χ3v) is 2.85. The zero-order chi connectivity index (χ0) is 12.1. The van der Waals surface area contributed by atoms with Gasteiger partial charge in [0.05, 0.1) is 0 Å². The first-order chi connectivity index (χ1) is 7.56. The van der Waals surface area contributed by atoms with Crippen LogP contribution in [-0.2, 0) is 4.79 Å². The van der Waals surface area contributed by atoms with Crippen molar-refractivity contribution in [1.29, 1.82) is 0 Å². The minimum atomic E-state index is -0.0330. The number of hydrogen-bond acceptors (Lipinski definition) is 2. The topological polar surface area (TPSA) is 43.9 Å². The van der Waals surface area contributed by atoms with Gasteiger partial charge in [-0.25, -0.2) is 4.79 Å². The summed E-state index contributed by atoms with van der Waals surface area (Å²) in [5.41, 5.74) is 0. The Morgan fingerprint density at radius 3 is 2.19 bits per heavy atom. The average molecular weight is 227 g/mol. The van der Waals surface area contributed by atoms with E-state index in [9.17, 15) is 9.59 Å². The smallest absolute Gasteiger partial charge is 0.320 e. The van der Waals surface area contributed by atoms with E-state index in [1.54, 1.807) is 19.0 Å². The number of rotatable bonds is 3. The van der Waals surface area contributed by atoms with E-state index in [-0.39, 0.29) is 18.5 Å². The van der Waals surface area contributed by atoms with Gasteiger partial charge in [-0.2, -0.15) is 0 Å². The summed E-state index contributed by atoms with van der Waals surface area (Å²) in [5.74, 6) is -0.0330. The van der Waals surface area contributed by atoms with Crippen molar-refractivity contribution in [3.05, 3.63) is 0 Å². The van der Waals surface area contributed by atoms with Crippen molar-refractivity contribution in [2.24, 2.45) is 0 Å². The molecule has 0 spiro atoms. The van der Waals surface area contributed by atoms with E-state index in [2.05, 4.69) is 0 Å². The van der Waals surface area contributed by atoms with Gasteiger partial charge < -0.3 is 14.7 Å². The van der Waals surface area contributed by atoms with Crippen molar-refractivity contribution in [3.8, 4) is 0 Å². The van der Waals surface area contributed by atoms with Gasteiger partial charge in [0, 0.05) is 33.7 Å². The van der Waals surface area contributed by atoms with Gasteiger partial charge in [-0.05, 0) is 19.8 Å². The molecule has 1 fully saturated rings. The second-order valence-corrected chi connectivity index (χ2v) is 4.28. The summed E-state index contributed by atoms with van der Waals surface area (Å²) < 4.78 is 0. The number of hydrogen-bond donors (Lipinski definition) is 0. The number of urea groups is 1. The molecule has 0 aromatic heterocycles. The Hall–Kier alpha value is -1.26. The first-order valence-corrected chi connectivity index (χ1v) is 5.80. The fourth-order valence-corrected chi connectivity index (χ4v) is 1.73. The number of likely N-dealkylation sites (tertiary alicyclic amines) is 1. The van der Waals surface area contributed by atoms with Crippen LogP contribution in [0.4, 0.5) is 4.79 Å². The van der Waals surface area contributed by atoms with Gasteiger partial charge in [0.1, 0.15) is 6.54 Å². The zero-order valence-electron chi connectivity index (χ0n) is 10.4. The number of amides is 3. The largest absolute Gasteiger partial charge is 0.347 e. The molecule has 0 unspecified atom stereocenters. The normalized spacial score (nSPS) is 15.1. The molecule has 0 aromatic carbocycles. The van der Waals surface area contributed by atoms with Crippen molar-refractivity contribution in [2.75, 3.05) is 40.3 Å². The fraction of sp³-hybridized carbons (Fsp3) is 0.818. The van der Waals surface area contributed by atoms with Crippen LogP contribution in [0.15, 0.2) is 0 Å². The summed E-state index contributed by atoms with van der Waals surface area (Å²) in [6.07, 6.45) is 2.15. The third kappa shape index (κ3) is 3.12. The second kappa shape index (κ2) is 5.72. The van der Waals surface area contributed by atoms with Gasteiger partial charge in [0.15, 0.2) is 0 Å². The highest BCUT2D eigenvalue weighted by molar-refractivity contribution is 5.83. The summed E-state index contributed by atoms with van der Waals surface area (Å²) in [5, 5.41) is 0. The summed E-state index contributed by atoms with van der Waals surface area (Å²) >= 11 is 0. The maximum absolute atomic E-state index is 12.0. The maximum Gasteiger partial charge on any atom is 0.320 e. The van der Waals surface area contributed by atoms with E-state index in [4.69, 9.17) is 0 Å². The molecule has 0 atom stereocenters. The lowest BCUT2D eigenvalue weighted by molar-refractivity contribution is -0.129. The van der Waals surface area contributed by atoms with E-state index in [1.165, 1.54) is 4.90 Å². The van der Waals surface area contributed by atoms with E-state index < -0.39 is 0 Å². The lowest BCUT2D eigenvalue weighted by Gasteiger charge is -2.27. The van der Waals surface area contributed by atoms with Crippen molar-refractivity contribution in [3.63, 3.8) is 0 Å². The molecule has 1 rings (SSSR count). The fourth-order valence-electron chi connectivity index (χ4n) is 1.73. The molecular weight excluding hydrogens is 206 g/mol. The predicted octanol–water partition coefficient (Wildman–Crippen LogP) is 0.612. The Labute approximate surface area is 97.0 Å². The Morgan fingerprint density at radius 2 is 1.75 bits per heavy atom. The van der Waals surface area contributed by atoms with E-state index in [1.807, 2.05) is 11.8 Å². The van der Waals surface area contributed by atoms with Crippen LogP contribution >= 0.6 is 0 Å². The lowest BCUT2D eigenvalue weighted by atomic mass is 10.4. The van der Waals surface area contributed by atoms with Crippen LogP contribution in [0.2, 0.25) is 0 Å². The molecule has 0 radical (unpaired) electrons. The van der Waals surface area contributed by atoms with Crippen LogP contribution in [0.25, 0.3) is 0 Å². The van der Waals surface area contributed by atoms with Crippen LogP contribution in [0, 0.1) is 0 Å². The monoisotopic (exact) mass is 227 g/mol. The molecule has 16 heavy (non-hydrogen) atoms. The van der Waals surface area contributed by atoms with Crippen LogP contribution in [0.1, 0.15) is 19.8 Å². The number of nitrogens with zero attached hydrogens (tertiary/aromatic N) is 3. The molecule has 0 aliphatic carbocycles. The molecule has 0 bridgehead atoms. The first-order valence-electron chi connectivity index (χ1n) is 5.80.